The summed E-state index contributed by atoms with van der Waals surface area (Å²) in [4.78, 5) is 25.2. The Morgan fingerprint density at radius 2 is 2.06 bits per heavy atom. The minimum Gasteiger partial charge on any atom is -0.378 e. The fourth-order valence-electron chi connectivity index (χ4n) is 2.07. The first kappa shape index (κ1) is 13.1. The van der Waals surface area contributed by atoms with E-state index in [-0.39, 0.29) is 0 Å². The standard InChI is InChI=1S/C13H14ClNO3/c1-9-3-2-4-10-11(9)15(13(17)12(10)16)6-8-18-7-5-14/h2-4H,5-8H2,1H3. The van der Waals surface area contributed by atoms with E-state index in [1.165, 1.54) is 4.90 Å². The number of halogens is 1. The van der Waals surface area contributed by atoms with Crippen LogP contribution in [-0.2, 0) is 9.53 Å². The average molecular weight is 268 g/mol. The highest BCUT2D eigenvalue weighted by Gasteiger charge is 2.36. The van der Waals surface area contributed by atoms with Crippen LogP contribution in [0, 0.1) is 6.92 Å². The van der Waals surface area contributed by atoms with Crippen molar-refractivity contribution >= 4 is 29.0 Å². The van der Waals surface area contributed by atoms with Gasteiger partial charge in [-0.1, -0.05) is 12.1 Å². The molecule has 96 valence electrons. The first-order valence-corrected chi connectivity index (χ1v) is 6.29. The van der Waals surface area contributed by atoms with Crippen LogP contribution in [0.25, 0.3) is 0 Å². The summed E-state index contributed by atoms with van der Waals surface area (Å²) in [6.45, 7) is 3.08. The van der Waals surface area contributed by atoms with Gasteiger partial charge in [0.05, 0.1) is 24.5 Å². The minimum absolute atomic E-state index is 0.374. The van der Waals surface area contributed by atoms with Crippen molar-refractivity contribution in [3.05, 3.63) is 29.3 Å². The molecule has 1 aromatic carbocycles. The van der Waals surface area contributed by atoms with Crippen molar-refractivity contribution in [1.29, 1.82) is 0 Å². The van der Waals surface area contributed by atoms with Crippen LogP contribution in [-0.4, -0.2) is 37.3 Å². The summed E-state index contributed by atoms with van der Waals surface area (Å²) >= 11 is 5.50. The summed E-state index contributed by atoms with van der Waals surface area (Å²) < 4.78 is 5.25. The van der Waals surface area contributed by atoms with Gasteiger partial charge in [0.15, 0.2) is 0 Å². The molecule has 0 atom stereocenters. The van der Waals surface area contributed by atoms with Crippen molar-refractivity contribution in [3.8, 4) is 0 Å². The van der Waals surface area contributed by atoms with Crippen molar-refractivity contribution < 1.29 is 14.3 Å². The summed E-state index contributed by atoms with van der Waals surface area (Å²) in [6, 6.07) is 5.35. The van der Waals surface area contributed by atoms with Crippen LogP contribution in [0.4, 0.5) is 5.69 Å². The van der Waals surface area contributed by atoms with Crippen LogP contribution in [0.5, 0.6) is 0 Å². The van der Waals surface area contributed by atoms with E-state index in [1.54, 1.807) is 12.1 Å². The molecule has 0 saturated heterocycles. The first-order valence-electron chi connectivity index (χ1n) is 5.76. The number of carbonyl (C=O) groups is 2. The monoisotopic (exact) mass is 267 g/mol. The molecule has 2 rings (SSSR count). The van der Waals surface area contributed by atoms with Gasteiger partial charge in [0.2, 0.25) is 0 Å². The number of hydrogen-bond donors (Lipinski definition) is 0. The van der Waals surface area contributed by atoms with E-state index in [1.807, 2.05) is 13.0 Å². The number of rotatable bonds is 5. The summed E-state index contributed by atoms with van der Waals surface area (Å²) in [7, 11) is 0. The van der Waals surface area contributed by atoms with Crippen molar-refractivity contribution in [2.24, 2.45) is 0 Å². The minimum atomic E-state index is -0.478. The molecule has 1 aliphatic heterocycles. The van der Waals surface area contributed by atoms with Crippen LogP contribution in [0.3, 0.4) is 0 Å². The molecule has 0 fully saturated rings. The Kier molecular flexibility index (Phi) is 3.99. The molecule has 0 spiro atoms. The van der Waals surface area contributed by atoms with Crippen molar-refractivity contribution in [1.82, 2.24) is 0 Å². The SMILES string of the molecule is Cc1cccc2c1N(CCOCCCl)C(=O)C2=O. The second-order valence-corrected chi connectivity index (χ2v) is 4.44. The lowest BCUT2D eigenvalue weighted by molar-refractivity contribution is -0.114. The number of carbonyl (C=O) groups excluding carboxylic acids is 2. The number of amides is 1. The molecule has 0 saturated carbocycles. The zero-order valence-electron chi connectivity index (χ0n) is 10.1. The van der Waals surface area contributed by atoms with E-state index >= 15 is 0 Å². The molecule has 1 aromatic rings. The zero-order valence-corrected chi connectivity index (χ0v) is 10.9. The third-order valence-electron chi connectivity index (χ3n) is 2.87. The second kappa shape index (κ2) is 5.50. The van der Waals surface area contributed by atoms with Gasteiger partial charge in [-0.2, -0.15) is 0 Å². The van der Waals surface area contributed by atoms with Gasteiger partial charge in [0.1, 0.15) is 0 Å². The molecule has 1 aliphatic rings. The largest absolute Gasteiger partial charge is 0.378 e. The molecule has 1 heterocycles. The molecule has 0 radical (unpaired) electrons. The third-order valence-corrected chi connectivity index (χ3v) is 3.03. The van der Waals surface area contributed by atoms with Gasteiger partial charge in [0.25, 0.3) is 11.7 Å². The highest BCUT2D eigenvalue weighted by Crippen LogP contribution is 2.31. The summed E-state index contributed by atoms with van der Waals surface area (Å²) in [5.74, 6) is -0.498. The smallest absolute Gasteiger partial charge is 0.299 e. The molecular formula is C13H14ClNO3. The number of fused-ring (bicyclic) bond motifs is 1. The van der Waals surface area contributed by atoms with Gasteiger partial charge in [0, 0.05) is 12.4 Å². The summed E-state index contributed by atoms with van der Waals surface area (Å²) in [5, 5.41) is 0. The lowest BCUT2D eigenvalue weighted by Crippen LogP contribution is -2.33. The number of ketones is 1. The number of hydrogen-bond acceptors (Lipinski definition) is 3. The molecule has 0 unspecified atom stereocenters. The van der Waals surface area contributed by atoms with E-state index in [0.29, 0.717) is 36.9 Å². The number of ether oxygens (including phenoxy) is 1. The molecule has 0 aliphatic carbocycles. The lowest BCUT2D eigenvalue weighted by Gasteiger charge is -2.18. The van der Waals surface area contributed by atoms with Gasteiger partial charge < -0.3 is 9.64 Å². The maximum absolute atomic E-state index is 11.9. The fourth-order valence-corrected chi connectivity index (χ4v) is 2.17. The number of anilines is 1. The second-order valence-electron chi connectivity index (χ2n) is 4.06. The average Bonchev–Trinajstić information content (AvgIpc) is 2.61. The summed E-state index contributed by atoms with van der Waals surface area (Å²) in [6.07, 6.45) is 0. The maximum Gasteiger partial charge on any atom is 0.299 e. The van der Waals surface area contributed by atoms with Gasteiger partial charge in [-0.05, 0) is 18.6 Å². The summed E-state index contributed by atoms with van der Waals surface area (Å²) in [5.41, 5.74) is 2.11. The lowest BCUT2D eigenvalue weighted by atomic mass is 10.1. The number of nitrogens with zero attached hydrogens (tertiary/aromatic N) is 1. The molecule has 1 amide bonds. The molecule has 5 heteroatoms. The number of aryl methyl sites for hydroxylation is 1. The van der Waals surface area contributed by atoms with Crippen LogP contribution in [0.2, 0.25) is 0 Å². The molecule has 18 heavy (non-hydrogen) atoms. The van der Waals surface area contributed by atoms with E-state index in [4.69, 9.17) is 16.3 Å². The molecular weight excluding hydrogens is 254 g/mol. The number of alkyl halides is 1. The van der Waals surface area contributed by atoms with Gasteiger partial charge in [-0.3, -0.25) is 9.59 Å². The van der Waals surface area contributed by atoms with Gasteiger partial charge >= 0.3 is 0 Å². The molecule has 0 aromatic heterocycles. The quantitative estimate of drug-likeness (QED) is 0.464. The van der Waals surface area contributed by atoms with E-state index in [2.05, 4.69) is 0 Å². The van der Waals surface area contributed by atoms with E-state index < -0.39 is 11.7 Å². The van der Waals surface area contributed by atoms with Crippen LogP contribution in [0.1, 0.15) is 15.9 Å². The maximum atomic E-state index is 11.9. The van der Waals surface area contributed by atoms with Crippen molar-refractivity contribution in [2.45, 2.75) is 6.92 Å². The van der Waals surface area contributed by atoms with E-state index in [0.717, 1.165) is 5.56 Å². The van der Waals surface area contributed by atoms with Crippen LogP contribution < -0.4 is 4.90 Å². The van der Waals surface area contributed by atoms with E-state index in [9.17, 15) is 9.59 Å². The van der Waals surface area contributed by atoms with Gasteiger partial charge in [-0.15, -0.1) is 11.6 Å². The predicted octanol–water partition coefficient (Wildman–Crippen LogP) is 1.78. The Hall–Kier alpha value is -1.39. The number of para-hydroxylation sites is 1. The zero-order chi connectivity index (χ0) is 13.1. The fraction of sp³-hybridized carbons (Fsp3) is 0.385. The molecule has 4 nitrogen and oxygen atoms in total. The normalized spacial score (nSPS) is 14.2. The Balaban J connectivity index is 2.17. The Morgan fingerprint density at radius 3 is 2.78 bits per heavy atom. The number of benzene rings is 1. The van der Waals surface area contributed by atoms with Crippen molar-refractivity contribution in [2.75, 3.05) is 30.5 Å². The van der Waals surface area contributed by atoms with Crippen molar-refractivity contribution in [3.63, 3.8) is 0 Å². The first-order chi connectivity index (χ1) is 8.66. The molecule has 0 N–H and O–H groups in total. The van der Waals surface area contributed by atoms with Crippen LogP contribution in [0.15, 0.2) is 18.2 Å². The highest BCUT2D eigenvalue weighted by molar-refractivity contribution is 6.52. The molecule has 0 bridgehead atoms. The topological polar surface area (TPSA) is 46.6 Å². The third kappa shape index (κ3) is 2.26. The predicted molar refractivity (Wildman–Crippen MR) is 69.4 cm³/mol. The Morgan fingerprint density at radius 1 is 1.28 bits per heavy atom. The highest BCUT2D eigenvalue weighted by atomic mass is 35.5. The number of Topliss-reactive ketones (excluding diaryl/α,β-unsaturated/α-hetero) is 1. The Bertz CT molecular complexity index is 487. The Labute approximate surface area is 110 Å². The van der Waals surface area contributed by atoms with Crippen LogP contribution >= 0.6 is 11.6 Å². The van der Waals surface area contributed by atoms with Gasteiger partial charge in [-0.25, -0.2) is 0 Å².